The van der Waals surface area contributed by atoms with Crippen LogP contribution in [0, 0.1) is 0 Å². The van der Waals surface area contributed by atoms with Gasteiger partial charge in [0, 0.05) is 12.0 Å². The molecule has 4 rings (SSSR count). The average Bonchev–Trinajstić information content (AvgIpc) is 2.88. The second-order valence-corrected chi connectivity index (χ2v) is 6.60. The monoisotopic (exact) mass is 283 g/mol. The summed E-state index contributed by atoms with van der Waals surface area (Å²) in [6, 6.07) is 8.48. The molecule has 1 aromatic heterocycles. The van der Waals surface area contributed by atoms with Crippen LogP contribution in [0.3, 0.4) is 0 Å². The van der Waals surface area contributed by atoms with Gasteiger partial charge in [-0.15, -0.1) is 0 Å². The molecular formula is C17H21N3O. The SMILES string of the molecule is NC1(Cc2nc(C3Cc4ccccc43)no2)CCCCC1. The first-order chi connectivity index (χ1) is 10.2. The van der Waals surface area contributed by atoms with E-state index < -0.39 is 0 Å². The highest BCUT2D eigenvalue weighted by molar-refractivity contribution is 5.43. The van der Waals surface area contributed by atoms with Crippen LogP contribution in [-0.4, -0.2) is 15.7 Å². The molecule has 1 heterocycles. The van der Waals surface area contributed by atoms with E-state index in [1.165, 1.54) is 30.4 Å². The molecule has 1 fully saturated rings. The maximum absolute atomic E-state index is 6.47. The number of hydrogen-bond acceptors (Lipinski definition) is 4. The fraction of sp³-hybridized carbons (Fsp3) is 0.529. The second-order valence-electron chi connectivity index (χ2n) is 6.60. The number of aromatic nitrogens is 2. The van der Waals surface area contributed by atoms with Crippen molar-refractivity contribution in [2.24, 2.45) is 5.73 Å². The van der Waals surface area contributed by atoms with Crippen molar-refractivity contribution in [1.82, 2.24) is 10.1 Å². The lowest BCUT2D eigenvalue weighted by atomic mass is 9.77. The molecule has 21 heavy (non-hydrogen) atoms. The van der Waals surface area contributed by atoms with Crippen molar-refractivity contribution in [3.63, 3.8) is 0 Å². The maximum Gasteiger partial charge on any atom is 0.228 e. The summed E-state index contributed by atoms with van der Waals surface area (Å²) in [4.78, 5) is 4.61. The Labute approximate surface area is 124 Å². The molecule has 2 aromatic rings. The van der Waals surface area contributed by atoms with Gasteiger partial charge in [-0.1, -0.05) is 48.7 Å². The highest BCUT2D eigenvalue weighted by atomic mass is 16.5. The van der Waals surface area contributed by atoms with Gasteiger partial charge in [0.05, 0.1) is 5.92 Å². The molecule has 2 aliphatic carbocycles. The number of rotatable bonds is 3. The topological polar surface area (TPSA) is 64.9 Å². The first-order valence-electron chi connectivity index (χ1n) is 7.93. The van der Waals surface area contributed by atoms with Gasteiger partial charge >= 0.3 is 0 Å². The standard InChI is InChI=1S/C17H21N3O/c18-17(8-4-1-5-9-17)11-15-19-16(20-21-15)14-10-12-6-2-3-7-13(12)14/h2-3,6-7,14H,1,4-5,8-11,18H2. The Morgan fingerprint density at radius 3 is 2.81 bits per heavy atom. The summed E-state index contributed by atoms with van der Waals surface area (Å²) < 4.78 is 5.46. The van der Waals surface area contributed by atoms with E-state index >= 15 is 0 Å². The van der Waals surface area contributed by atoms with E-state index in [-0.39, 0.29) is 5.54 Å². The fourth-order valence-corrected chi connectivity index (χ4v) is 3.70. The van der Waals surface area contributed by atoms with Crippen LogP contribution in [0.15, 0.2) is 28.8 Å². The molecule has 2 N–H and O–H groups in total. The van der Waals surface area contributed by atoms with Crippen molar-refractivity contribution in [3.05, 3.63) is 47.1 Å². The molecule has 0 spiro atoms. The molecule has 0 aliphatic heterocycles. The van der Waals surface area contributed by atoms with Crippen LogP contribution in [0.5, 0.6) is 0 Å². The number of benzene rings is 1. The van der Waals surface area contributed by atoms with Crippen molar-refractivity contribution in [2.45, 2.75) is 56.4 Å². The van der Waals surface area contributed by atoms with Gasteiger partial charge in [0.15, 0.2) is 5.82 Å². The van der Waals surface area contributed by atoms with E-state index in [1.807, 2.05) is 0 Å². The zero-order valence-electron chi connectivity index (χ0n) is 12.2. The highest BCUT2D eigenvalue weighted by Crippen LogP contribution is 2.38. The van der Waals surface area contributed by atoms with Gasteiger partial charge in [-0.3, -0.25) is 0 Å². The van der Waals surface area contributed by atoms with Crippen LogP contribution in [0.2, 0.25) is 0 Å². The minimum atomic E-state index is -0.139. The smallest absolute Gasteiger partial charge is 0.228 e. The van der Waals surface area contributed by atoms with Crippen LogP contribution in [-0.2, 0) is 12.8 Å². The minimum Gasteiger partial charge on any atom is -0.339 e. The van der Waals surface area contributed by atoms with Crippen LogP contribution in [0.1, 0.15) is 60.9 Å². The van der Waals surface area contributed by atoms with Gasteiger partial charge in [0.2, 0.25) is 5.89 Å². The van der Waals surface area contributed by atoms with Crippen molar-refractivity contribution in [2.75, 3.05) is 0 Å². The lowest BCUT2D eigenvalue weighted by Crippen LogP contribution is -2.43. The highest BCUT2D eigenvalue weighted by Gasteiger charge is 2.33. The predicted octanol–water partition coefficient (Wildman–Crippen LogP) is 2.96. The van der Waals surface area contributed by atoms with Crippen molar-refractivity contribution in [1.29, 1.82) is 0 Å². The lowest BCUT2D eigenvalue weighted by molar-refractivity contribution is 0.260. The van der Waals surface area contributed by atoms with Crippen LogP contribution >= 0.6 is 0 Å². The third-order valence-corrected chi connectivity index (χ3v) is 5.00. The Morgan fingerprint density at radius 2 is 2.00 bits per heavy atom. The molecule has 1 aromatic carbocycles. The Bertz CT molecular complexity index is 643. The molecular weight excluding hydrogens is 262 g/mol. The van der Waals surface area contributed by atoms with E-state index in [9.17, 15) is 0 Å². The second kappa shape index (κ2) is 4.95. The first kappa shape index (κ1) is 13.0. The molecule has 4 heteroatoms. The third-order valence-electron chi connectivity index (χ3n) is 5.00. The molecule has 0 amide bonds. The quantitative estimate of drug-likeness (QED) is 0.940. The summed E-state index contributed by atoms with van der Waals surface area (Å²) in [7, 11) is 0. The summed E-state index contributed by atoms with van der Waals surface area (Å²) in [5, 5.41) is 4.19. The zero-order valence-corrected chi connectivity index (χ0v) is 12.2. The Balaban J connectivity index is 1.49. The van der Waals surface area contributed by atoms with Gasteiger partial charge < -0.3 is 10.3 Å². The van der Waals surface area contributed by atoms with E-state index in [0.717, 1.165) is 25.1 Å². The zero-order chi connectivity index (χ0) is 14.3. The van der Waals surface area contributed by atoms with E-state index in [2.05, 4.69) is 34.4 Å². The predicted molar refractivity (Wildman–Crippen MR) is 80.0 cm³/mol. The van der Waals surface area contributed by atoms with E-state index in [0.29, 0.717) is 18.2 Å². The van der Waals surface area contributed by atoms with Crippen LogP contribution in [0.25, 0.3) is 0 Å². The van der Waals surface area contributed by atoms with E-state index in [1.54, 1.807) is 0 Å². The summed E-state index contributed by atoms with van der Waals surface area (Å²) in [5.74, 6) is 1.83. The van der Waals surface area contributed by atoms with Gasteiger partial charge in [-0.05, 0) is 30.4 Å². The van der Waals surface area contributed by atoms with Crippen LogP contribution in [0.4, 0.5) is 0 Å². The van der Waals surface area contributed by atoms with Crippen molar-refractivity contribution < 1.29 is 4.52 Å². The summed E-state index contributed by atoms with van der Waals surface area (Å²) in [6.07, 6.45) is 7.60. The lowest BCUT2D eigenvalue weighted by Gasteiger charge is -2.32. The number of fused-ring (bicyclic) bond motifs is 1. The number of hydrogen-bond donors (Lipinski definition) is 1. The fourth-order valence-electron chi connectivity index (χ4n) is 3.70. The average molecular weight is 283 g/mol. The molecule has 1 unspecified atom stereocenters. The maximum atomic E-state index is 6.47. The molecule has 0 bridgehead atoms. The molecule has 0 saturated heterocycles. The Kier molecular flexibility index (Phi) is 3.07. The summed E-state index contributed by atoms with van der Waals surface area (Å²) >= 11 is 0. The van der Waals surface area contributed by atoms with Gasteiger partial charge in [-0.2, -0.15) is 4.98 Å². The number of nitrogens with two attached hydrogens (primary N) is 1. The Morgan fingerprint density at radius 1 is 1.19 bits per heavy atom. The number of nitrogens with zero attached hydrogens (tertiary/aromatic N) is 2. The molecule has 4 nitrogen and oxygen atoms in total. The summed E-state index contributed by atoms with van der Waals surface area (Å²) in [6.45, 7) is 0. The molecule has 1 atom stereocenters. The Hall–Kier alpha value is -1.68. The molecule has 1 saturated carbocycles. The van der Waals surface area contributed by atoms with Gasteiger partial charge in [0.1, 0.15) is 0 Å². The molecule has 2 aliphatic rings. The van der Waals surface area contributed by atoms with E-state index in [4.69, 9.17) is 10.3 Å². The minimum absolute atomic E-state index is 0.139. The van der Waals surface area contributed by atoms with Crippen molar-refractivity contribution >= 4 is 0 Å². The van der Waals surface area contributed by atoms with Crippen molar-refractivity contribution in [3.8, 4) is 0 Å². The third kappa shape index (κ3) is 2.38. The molecule has 110 valence electrons. The first-order valence-corrected chi connectivity index (χ1v) is 7.93. The van der Waals surface area contributed by atoms with Gasteiger partial charge in [-0.25, -0.2) is 0 Å². The van der Waals surface area contributed by atoms with Gasteiger partial charge in [0.25, 0.3) is 0 Å². The normalized spacial score (nSPS) is 23.4. The molecule has 0 radical (unpaired) electrons. The largest absolute Gasteiger partial charge is 0.339 e. The van der Waals surface area contributed by atoms with Crippen LogP contribution < -0.4 is 5.73 Å². The summed E-state index contributed by atoms with van der Waals surface area (Å²) in [5.41, 5.74) is 9.07.